The van der Waals surface area contributed by atoms with Crippen LogP contribution in [0.25, 0.3) is 0 Å². The van der Waals surface area contributed by atoms with E-state index in [1.54, 1.807) is 17.4 Å². The van der Waals surface area contributed by atoms with E-state index in [4.69, 9.17) is 17.3 Å². The van der Waals surface area contributed by atoms with Crippen molar-refractivity contribution in [2.24, 2.45) is 0 Å². The highest BCUT2D eigenvalue weighted by Crippen LogP contribution is 2.24. The zero-order valence-corrected chi connectivity index (χ0v) is 11.9. The Hall–Kier alpha value is -1.33. The number of aryl methyl sites for hydroxylation is 1. The molecule has 6 heteroatoms. The van der Waals surface area contributed by atoms with E-state index in [0.717, 1.165) is 28.9 Å². The normalized spacial score (nSPS) is 10.6. The highest BCUT2D eigenvalue weighted by atomic mass is 35.5. The molecule has 0 aliphatic rings. The third kappa shape index (κ3) is 3.11. The van der Waals surface area contributed by atoms with Crippen molar-refractivity contribution in [3.8, 4) is 0 Å². The number of halogens is 1. The smallest absolute Gasteiger partial charge is 0.134 e. The van der Waals surface area contributed by atoms with Crippen molar-refractivity contribution in [1.29, 1.82) is 0 Å². The lowest BCUT2D eigenvalue weighted by atomic mass is 10.4. The Balaban J connectivity index is 2.17. The minimum atomic E-state index is 0.507. The minimum Gasteiger partial charge on any atom is -0.384 e. The third-order valence-corrected chi connectivity index (χ3v) is 3.72. The lowest BCUT2D eigenvalue weighted by molar-refractivity contribution is 0.869. The SMILES string of the molecule is CCc1nc(N)cc(N(C)Cc2ccc(Cl)s2)n1. The quantitative estimate of drug-likeness (QED) is 0.937. The number of anilines is 2. The predicted molar refractivity (Wildman–Crippen MR) is 77.3 cm³/mol. The summed E-state index contributed by atoms with van der Waals surface area (Å²) in [6, 6.07) is 5.71. The van der Waals surface area contributed by atoms with E-state index in [2.05, 4.69) is 9.97 Å². The number of nitrogens with two attached hydrogens (primary N) is 1. The van der Waals surface area contributed by atoms with Gasteiger partial charge in [0, 0.05) is 24.4 Å². The molecule has 18 heavy (non-hydrogen) atoms. The van der Waals surface area contributed by atoms with Gasteiger partial charge in [-0.1, -0.05) is 18.5 Å². The van der Waals surface area contributed by atoms with E-state index < -0.39 is 0 Å². The van der Waals surface area contributed by atoms with Crippen molar-refractivity contribution in [2.75, 3.05) is 17.7 Å². The Kier molecular flexibility index (Phi) is 4.04. The molecule has 0 aliphatic heterocycles. The molecule has 0 amide bonds. The highest BCUT2D eigenvalue weighted by molar-refractivity contribution is 7.16. The van der Waals surface area contributed by atoms with Crippen LogP contribution in [0.15, 0.2) is 18.2 Å². The summed E-state index contributed by atoms with van der Waals surface area (Å²) in [7, 11) is 1.98. The number of aromatic nitrogens is 2. The Morgan fingerprint density at radius 2 is 2.17 bits per heavy atom. The number of rotatable bonds is 4. The van der Waals surface area contributed by atoms with Gasteiger partial charge < -0.3 is 10.6 Å². The molecule has 0 radical (unpaired) electrons. The Morgan fingerprint density at radius 3 is 2.78 bits per heavy atom. The van der Waals surface area contributed by atoms with E-state index in [0.29, 0.717) is 5.82 Å². The molecule has 4 nitrogen and oxygen atoms in total. The molecule has 0 atom stereocenters. The van der Waals surface area contributed by atoms with Gasteiger partial charge in [-0.15, -0.1) is 11.3 Å². The molecular formula is C12H15ClN4S. The van der Waals surface area contributed by atoms with Gasteiger partial charge in [0.25, 0.3) is 0 Å². The van der Waals surface area contributed by atoms with Crippen LogP contribution in [0.2, 0.25) is 4.34 Å². The van der Waals surface area contributed by atoms with Crippen molar-refractivity contribution in [3.05, 3.63) is 33.2 Å². The second-order valence-electron chi connectivity index (χ2n) is 3.98. The lowest BCUT2D eigenvalue weighted by Gasteiger charge is -2.18. The van der Waals surface area contributed by atoms with Crippen LogP contribution in [0.5, 0.6) is 0 Å². The van der Waals surface area contributed by atoms with E-state index in [-0.39, 0.29) is 0 Å². The molecule has 2 rings (SSSR count). The van der Waals surface area contributed by atoms with E-state index >= 15 is 0 Å². The van der Waals surface area contributed by atoms with E-state index in [1.165, 1.54) is 4.88 Å². The van der Waals surface area contributed by atoms with Gasteiger partial charge in [-0.2, -0.15) is 0 Å². The van der Waals surface area contributed by atoms with Gasteiger partial charge in [0.05, 0.1) is 10.9 Å². The average molecular weight is 283 g/mol. The molecule has 0 aliphatic carbocycles. The minimum absolute atomic E-state index is 0.507. The summed E-state index contributed by atoms with van der Waals surface area (Å²) in [4.78, 5) is 11.9. The van der Waals surface area contributed by atoms with Gasteiger partial charge >= 0.3 is 0 Å². The molecular weight excluding hydrogens is 268 g/mol. The molecule has 0 saturated heterocycles. The molecule has 0 aromatic carbocycles. The van der Waals surface area contributed by atoms with Gasteiger partial charge in [0.1, 0.15) is 17.5 Å². The Morgan fingerprint density at radius 1 is 1.39 bits per heavy atom. The van der Waals surface area contributed by atoms with Crippen LogP contribution in [0, 0.1) is 0 Å². The number of hydrogen-bond donors (Lipinski definition) is 1. The zero-order chi connectivity index (χ0) is 13.1. The van der Waals surface area contributed by atoms with Crippen LogP contribution >= 0.6 is 22.9 Å². The fourth-order valence-corrected chi connectivity index (χ4v) is 2.75. The van der Waals surface area contributed by atoms with Crippen molar-refractivity contribution < 1.29 is 0 Å². The van der Waals surface area contributed by atoms with Gasteiger partial charge in [0.15, 0.2) is 0 Å². The highest BCUT2D eigenvalue weighted by Gasteiger charge is 2.08. The number of nitrogens with zero attached hydrogens (tertiary/aromatic N) is 3. The lowest BCUT2D eigenvalue weighted by Crippen LogP contribution is -2.18. The Labute approximate surface area is 115 Å². The van der Waals surface area contributed by atoms with Crippen LogP contribution in [0.4, 0.5) is 11.6 Å². The van der Waals surface area contributed by atoms with Gasteiger partial charge in [0.2, 0.25) is 0 Å². The summed E-state index contributed by atoms with van der Waals surface area (Å²) in [5.74, 6) is 2.11. The summed E-state index contributed by atoms with van der Waals surface area (Å²) < 4.78 is 0.801. The maximum atomic E-state index is 5.92. The predicted octanol–water partition coefficient (Wildman–Crippen LogP) is 2.97. The van der Waals surface area contributed by atoms with Crippen LogP contribution in [-0.4, -0.2) is 17.0 Å². The molecule has 0 unspecified atom stereocenters. The van der Waals surface area contributed by atoms with Gasteiger partial charge in [-0.3, -0.25) is 0 Å². The molecule has 0 bridgehead atoms. The van der Waals surface area contributed by atoms with Gasteiger partial charge in [-0.05, 0) is 12.1 Å². The number of nitrogen functional groups attached to an aromatic ring is 1. The fourth-order valence-electron chi connectivity index (χ4n) is 1.61. The maximum absolute atomic E-state index is 5.92. The first-order valence-corrected chi connectivity index (χ1v) is 6.86. The van der Waals surface area contributed by atoms with Crippen LogP contribution < -0.4 is 10.6 Å². The number of thiophene rings is 1. The summed E-state index contributed by atoms with van der Waals surface area (Å²) >= 11 is 7.49. The first-order chi connectivity index (χ1) is 8.58. The molecule has 0 spiro atoms. The topological polar surface area (TPSA) is 55.0 Å². The summed E-state index contributed by atoms with van der Waals surface area (Å²) in [5, 5.41) is 0. The molecule has 96 valence electrons. The van der Waals surface area contributed by atoms with Crippen LogP contribution in [0.1, 0.15) is 17.6 Å². The fraction of sp³-hybridized carbons (Fsp3) is 0.333. The molecule has 2 heterocycles. The largest absolute Gasteiger partial charge is 0.384 e. The Bertz CT molecular complexity index is 541. The van der Waals surface area contributed by atoms with E-state index in [1.807, 2.05) is 31.0 Å². The standard InChI is InChI=1S/C12H15ClN4S/c1-3-11-15-10(14)6-12(16-11)17(2)7-8-4-5-9(13)18-8/h4-6H,3,7H2,1-2H3,(H2,14,15,16). The van der Waals surface area contributed by atoms with Gasteiger partial charge in [-0.25, -0.2) is 9.97 Å². The molecule has 2 N–H and O–H groups in total. The summed E-state index contributed by atoms with van der Waals surface area (Å²) in [6.07, 6.45) is 0.775. The third-order valence-electron chi connectivity index (χ3n) is 2.51. The van der Waals surface area contributed by atoms with E-state index in [9.17, 15) is 0 Å². The number of hydrogen-bond acceptors (Lipinski definition) is 5. The average Bonchev–Trinajstić information content (AvgIpc) is 2.73. The molecule has 0 fully saturated rings. The summed E-state index contributed by atoms with van der Waals surface area (Å²) in [5.41, 5.74) is 5.77. The summed E-state index contributed by atoms with van der Waals surface area (Å²) in [6.45, 7) is 2.77. The maximum Gasteiger partial charge on any atom is 0.134 e. The molecule has 2 aromatic rings. The van der Waals surface area contributed by atoms with Crippen molar-refractivity contribution >= 4 is 34.6 Å². The monoisotopic (exact) mass is 282 g/mol. The van der Waals surface area contributed by atoms with Crippen LogP contribution in [-0.2, 0) is 13.0 Å². The first-order valence-electron chi connectivity index (χ1n) is 5.67. The van der Waals surface area contributed by atoms with Crippen molar-refractivity contribution in [1.82, 2.24) is 9.97 Å². The second-order valence-corrected chi connectivity index (χ2v) is 5.78. The van der Waals surface area contributed by atoms with Crippen molar-refractivity contribution in [2.45, 2.75) is 19.9 Å². The molecule has 0 saturated carbocycles. The van der Waals surface area contributed by atoms with Crippen LogP contribution in [0.3, 0.4) is 0 Å². The second kappa shape index (κ2) is 5.54. The zero-order valence-electron chi connectivity index (χ0n) is 10.4. The molecule has 2 aromatic heterocycles. The van der Waals surface area contributed by atoms with Crippen molar-refractivity contribution in [3.63, 3.8) is 0 Å². The first kappa shape index (κ1) is 13.1.